The molecule has 17 atom stereocenters. The van der Waals surface area contributed by atoms with Gasteiger partial charge in [0.25, 0.3) is 0 Å². The van der Waals surface area contributed by atoms with Crippen molar-refractivity contribution in [3.05, 3.63) is 97.2 Å². The molecule has 554 valence electrons. The molecule has 3 aliphatic rings. The third-order valence-electron chi connectivity index (χ3n) is 18.1. The number of aliphatic hydroxyl groups is 11. The Morgan fingerprint density at radius 2 is 0.729 bits per heavy atom. The quantitative estimate of drug-likeness (QED) is 0.0199. The number of rotatable bonds is 57. The van der Waals surface area contributed by atoms with Gasteiger partial charge in [0, 0.05) is 6.42 Å². The summed E-state index contributed by atoms with van der Waals surface area (Å²) in [6.45, 7) is 1.60. The molecule has 0 spiro atoms. The van der Waals surface area contributed by atoms with Gasteiger partial charge in [0.2, 0.25) is 5.91 Å². The summed E-state index contributed by atoms with van der Waals surface area (Å²) < 4.78 is 34.4. The smallest absolute Gasteiger partial charge is 0.220 e. The molecule has 0 bridgehead atoms. The first-order valence-electron chi connectivity index (χ1n) is 37.5. The average Bonchev–Trinajstić information content (AvgIpc) is 0.798. The molecule has 0 saturated carbocycles. The SMILES string of the molecule is CC/C=C\C/C=C\C/C=C\C/C=C\C/C=C\C/C=C\CCCCCCCCCCCCCCCCCCC(=O)NC(COC1OC(CO)C(OC2OC(CO)C(OC3OC(CO)C(O)C(O)C3O)C(O)C2O)C(O)C1O)C(O)/C=C/CC/C=C/CCCCCCCCCCCC. The van der Waals surface area contributed by atoms with E-state index < -0.39 is 124 Å². The van der Waals surface area contributed by atoms with Crippen molar-refractivity contribution >= 4 is 5.91 Å². The third kappa shape index (κ3) is 37.9. The summed E-state index contributed by atoms with van der Waals surface area (Å²) in [5, 5.41) is 121. The Labute approximate surface area is 577 Å². The molecule has 0 aliphatic carbocycles. The van der Waals surface area contributed by atoms with Crippen molar-refractivity contribution in [1.82, 2.24) is 5.32 Å². The second-order valence-electron chi connectivity index (χ2n) is 26.4. The second kappa shape index (κ2) is 57.3. The molecule has 3 heterocycles. The third-order valence-corrected chi connectivity index (χ3v) is 18.1. The largest absolute Gasteiger partial charge is 0.394 e. The topological polar surface area (TPSA) is 307 Å². The zero-order chi connectivity index (χ0) is 69.6. The number of aliphatic hydroxyl groups excluding tert-OH is 11. The zero-order valence-electron chi connectivity index (χ0n) is 58.8. The van der Waals surface area contributed by atoms with Gasteiger partial charge >= 0.3 is 0 Å². The van der Waals surface area contributed by atoms with Gasteiger partial charge in [-0.3, -0.25) is 4.79 Å². The lowest BCUT2D eigenvalue weighted by Gasteiger charge is -2.48. The standard InChI is InChI=1S/C77H133NO18/c1-3-5-7-9-11-13-15-17-19-21-22-23-24-25-26-27-28-29-30-31-32-33-34-35-36-37-38-39-41-43-45-47-49-51-53-55-65(83)78-60(61(82)54-52-50-48-46-44-42-40-20-18-16-14-12-10-8-6-4-2)59-91-75-71(89)68(86)73(63(57-80)93-75)96-77-72(90)69(87)74(64(58-81)94-77)95-76-70(88)67(85)66(84)62(56-79)92-76/h5,7,11,13,17,19,22-23,25-26,28-29,44,46,52,54,60-64,66-77,79-82,84-90H,3-4,6,8-10,12,14-16,18,20-21,24,27,30-43,45,47-51,53,55-59H2,1-2H3,(H,78,83)/b7-5-,13-11-,19-17-,23-22-,26-25-,29-28-,46-44+,54-52+. The maximum absolute atomic E-state index is 13.4. The fourth-order valence-corrected chi connectivity index (χ4v) is 12.1. The highest BCUT2D eigenvalue weighted by atomic mass is 16.8. The molecular weight excluding hydrogens is 1230 g/mol. The van der Waals surface area contributed by atoms with Gasteiger partial charge in [0.05, 0.1) is 38.6 Å². The molecule has 0 aromatic heterocycles. The van der Waals surface area contributed by atoms with Crippen LogP contribution in [0.1, 0.15) is 251 Å². The molecule has 12 N–H and O–H groups in total. The molecule has 19 nitrogen and oxygen atoms in total. The van der Waals surface area contributed by atoms with Crippen molar-refractivity contribution in [2.24, 2.45) is 0 Å². The van der Waals surface area contributed by atoms with Gasteiger partial charge < -0.3 is 89.9 Å². The van der Waals surface area contributed by atoms with Gasteiger partial charge in [0.1, 0.15) is 73.2 Å². The fourth-order valence-electron chi connectivity index (χ4n) is 12.1. The minimum absolute atomic E-state index is 0.232. The predicted octanol–water partition coefficient (Wildman–Crippen LogP) is 11.2. The van der Waals surface area contributed by atoms with E-state index in [2.05, 4.69) is 104 Å². The monoisotopic (exact) mass is 1360 g/mol. The summed E-state index contributed by atoms with van der Waals surface area (Å²) in [5.41, 5.74) is 0. The predicted molar refractivity (Wildman–Crippen MR) is 378 cm³/mol. The van der Waals surface area contributed by atoms with Crippen LogP contribution in [0, 0.1) is 0 Å². The first kappa shape index (κ1) is 86.9. The number of amides is 1. The molecule has 3 fully saturated rings. The highest BCUT2D eigenvalue weighted by Crippen LogP contribution is 2.33. The van der Waals surface area contributed by atoms with E-state index in [9.17, 15) is 61.0 Å². The van der Waals surface area contributed by atoms with Crippen LogP contribution in [0.15, 0.2) is 97.2 Å². The number of nitrogens with one attached hydrogen (secondary N) is 1. The lowest BCUT2D eigenvalue weighted by molar-refractivity contribution is -0.379. The highest BCUT2D eigenvalue weighted by Gasteiger charge is 2.53. The summed E-state index contributed by atoms with van der Waals surface area (Å²) in [4.78, 5) is 13.4. The first-order valence-corrected chi connectivity index (χ1v) is 37.5. The van der Waals surface area contributed by atoms with Crippen molar-refractivity contribution in [2.75, 3.05) is 26.4 Å². The minimum Gasteiger partial charge on any atom is -0.394 e. The van der Waals surface area contributed by atoms with Crippen molar-refractivity contribution < 1.29 is 89.4 Å². The first-order chi connectivity index (χ1) is 46.8. The summed E-state index contributed by atoms with van der Waals surface area (Å²) >= 11 is 0. The van der Waals surface area contributed by atoms with Gasteiger partial charge in [-0.25, -0.2) is 0 Å². The lowest BCUT2D eigenvalue weighted by atomic mass is 9.96. The molecule has 0 radical (unpaired) electrons. The molecule has 17 unspecified atom stereocenters. The molecule has 0 aromatic carbocycles. The van der Waals surface area contributed by atoms with E-state index in [0.29, 0.717) is 12.8 Å². The summed E-state index contributed by atoms with van der Waals surface area (Å²) in [6, 6.07) is -0.994. The van der Waals surface area contributed by atoms with Gasteiger partial charge in [-0.1, -0.05) is 259 Å². The normalized spacial score (nSPS) is 27.6. The number of carbonyl (C=O) groups is 1. The Bertz CT molecular complexity index is 2110. The summed E-state index contributed by atoms with van der Waals surface area (Å²) in [7, 11) is 0. The van der Waals surface area contributed by atoms with E-state index in [0.717, 1.165) is 77.0 Å². The number of carbonyl (C=O) groups excluding carboxylic acids is 1. The number of unbranched alkanes of at least 4 members (excludes halogenated alkanes) is 27. The van der Waals surface area contributed by atoms with Crippen molar-refractivity contribution in [2.45, 2.75) is 356 Å². The molecule has 0 aromatic rings. The van der Waals surface area contributed by atoms with Crippen LogP contribution in [0.2, 0.25) is 0 Å². The number of ether oxygens (including phenoxy) is 6. The second-order valence-corrected chi connectivity index (χ2v) is 26.4. The maximum atomic E-state index is 13.4. The van der Waals surface area contributed by atoms with Crippen molar-refractivity contribution in [3.63, 3.8) is 0 Å². The van der Waals surface area contributed by atoms with Crippen LogP contribution in [0.5, 0.6) is 0 Å². The van der Waals surface area contributed by atoms with E-state index in [4.69, 9.17) is 28.4 Å². The number of hydrogen-bond donors (Lipinski definition) is 12. The average molecular weight is 1360 g/mol. The molecule has 3 rings (SSSR count). The molecular formula is C77H133NO18. The zero-order valence-corrected chi connectivity index (χ0v) is 58.8. The van der Waals surface area contributed by atoms with Gasteiger partial charge in [-0.05, 0) is 83.5 Å². The van der Waals surface area contributed by atoms with Crippen LogP contribution in [-0.4, -0.2) is 193 Å². The van der Waals surface area contributed by atoms with Gasteiger partial charge in [0.15, 0.2) is 18.9 Å². The van der Waals surface area contributed by atoms with Crippen LogP contribution >= 0.6 is 0 Å². The van der Waals surface area contributed by atoms with E-state index >= 15 is 0 Å². The van der Waals surface area contributed by atoms with E-state index in [1.165, 1.54) is 141 Å². The fraction of sp³-hybridized carbons (Fsp3) is 0.779. The molecule has 3 saturated heterocycles. The van der Waals surface area contributed by atoms with Crippen molar-refractivity contribution in [1.29, 1.82) is 0 Å². The van der Waals surface area contributed by atoms with Crippen LogP contribution in [0.25, 0.3) is 0 Å². The maximum Gasteiger partial charge on any atom is 0.220 e. The Morgan fingerprint density at radius 3 is 1.17 bits per heavy atom. The molecule has 1 amide bonds. The highest BCUT2D eigenvalue weighted by molar-refractivity contribution is 5.76. The molecule has 3 aliphatic heterocycles. The molecule has 96 heavy (non-hydrogen) atoms. The van der Waals surface area contributed by atoms with Crippen LogP contribution < -0.4 is 5.32 Å². The van der Waals surface area contributed by atoms with Crippen molar-refractivity contribution in [3.8, 4) is 0 Å². The Morgan fingerprint density at radius 1 is 0.385 bits per heavy atom. The van der Waals surface area contributed by atoms with E-state index in [-0.39, 0.29) is 18.9 Å². The number of allylic oxidation sites excluding steroid dienone is 15. The minimum atomic E-state index is -1.98. The summed E-state index contributed by atoms with van der Waals surface area (Å²) in [5.74, 6) is -0.287. The molecule has 19 heteroatoms. The van der Waals surface area contributed by atoms with Gasteiger partial charge in [-0.2, -0.15) is 0 Å². The Balaban J connectivity index is 1.36. The number of hydrogen-bond acceptors (Lipinski definition) is 18. The van der Waals surface area contributed by atoms with E-state index in [1.54, 1.807) is 6.08 Å². The van der Waals surface area contributed by atoms with Crippen LogP contribution in [0.3, 0.4) is 0 Å². The van der Waals surface area contributed by atoms with Crippen LogP contribution in [0.4, 0.5) is 0 Å². The summed E-state index contributed by atoms with van der Waals surface area (Å²) in [6.07, 6.45) is 49.7. The lowest BCUT2D eigenvalue weighted by Crippen LogP contribution is -2.66. The van der Waals surface area contributed by atoms with Crippen LogP contribution in [-0.2, 0) is 33.2 Å². The van der Waals surface area contributed by atoms with Gasteiger partial charge in [-0.15, -0.1) is 0 Å². The Hall–Kier alpha value is -3.29. The Kier molecular flexibility index (Phi) is 51.9. The van der Waals surface area contributed by atoms with E-state index in [1.807, 2.05) is 6.08 Å².